The highest BCUT2D eigenvalue weighted by atomic mass is 16.6. The topological polar surface area (TPSA) is 66.8 Å². The molecular weight excluding hydrogens is 270 g/mol. The van der Waals surface area contributed by atoms with Crippen molar-refractivity contribution >= 4 is 12.1 Å². The van der Waals surface area contributed by atoms with Crippen LogP contribution in [-0.2, 0) is 16.1 Å². The number of rotatable bonds is 6. The maximum Gasteiger partial charge on any atom is 0.411 e. The van der Waals surface area contributed by atoms with Crippen molar-refractivity contribution in [1.82, 2.24) is 4.90 Å². The highest BCUT2D eigenvalue weighted by Gasteiger charge is 2.42. The van der Waals surface area contributed by atoms with Crippen LogP contribution in [0.3, 0.4) is 0 Å². The number of carbonyl (C=O) groups is 2. The second-order valence-corrected chi connectivity index (χ2v) is 5.71. The van der Waals surface area contributed by atoms with Gasteiger partial charge in [0.2, 0.25) is 0 Å². The first kappa shape index (κ1) is 15.4. The molecule has 1 aromatic carbocycles. The second kappa shape index (κ2) is 6.61. The molecule has 1 saturated carbocycles. The van der Waals surface area contributed by atoms with E-state index in [1.54, 1.807) is 13.8 Å². The lowest BCUT2D eigenvalue weighted by atomic mass is 10.0. The number of carboxylic acid groups (broad SMARTS) is 1. The van der Waals surface area contributed by atoms with Gasteiger partial charge in [0, 0.05) is 6.04 Å². The normalized spacial score (nSPS) is 15.6. The molecule has 1 N–H and O–H groups in total. The molecule has 0 bridgehead atoms. The van der Waals surface area contributed by atoms with Crippen LogP contribution in [0.4, 0.5) is 4.79 Å². The summed E-state index contributed by atoms with van der Waals surface area (Å²) >= 11 is 0. The maximum atomic E-state index is 12.3. The van der Waals surface area contributed by atoms with Crippen LogP contribution in [0.5, 0.6) is 0 Å². The third-order valence-corrected chi connectivity index (χ3v) is 3.54. The summed E-state index contributed by atoms with van der Waals surface area (Å²) in [6.07, 6.45) is 1.15. The molecule has 5 heteroatoms. The number of carboxylic acids is 1. The van der Waals surface area contributed by atoms with Gasteiger partial charge in [-0.25, -0.2) is 9.59 Å². The standard InChI is InChI=1S/C16H21NO4/c1-11(2)14(15(18)19)17(13-8-9-13)16(20)21-10-12-6-4-3-5-7-12/h3-7,11,13-14H,8-10H2,1-2H3,(H,18,19). The molecule has 2 rings (SSSR count). The smallest absolute Gasteiger partial charge is 0.411 e. The summed E-state index contributed by atoms with van der Waals surface area (Å²) in [4.78, 5) is 25.1. The number of ether oxygens (including phenoxy) is 1. The summed E-state index contributed by atoms with van der Waals surface area (Å²) in [5.41, 5.74) is 0.887. The molecule has 1 amide bonds. The summed E-state index contributed by atoms with van der Waals surface area (Å²) in [5, 5.41) is 9.38. The number of hydrogen-bond acceptors (Lipinski definition) is 3. The van der Waals surface area contributed by atoms with E-state index in [0.29, 0.717) is 0 Å². The highest BCUT2D eigenvalue weighted by molar-refractivity contribution is 5.80. The fraction of sp³-hybridized carbons (Fsp3) is 0.500. The lowest BCUT2D eigenvalue weighted by molar-refractivity contribution is -0.144. The molecule has 1 fully saturated rings. The Hall–Kier alpha value is -2.04. The molecule has 1 aliphatic carbocycles. The van der Waals surface area contributed by atoms with Gasteiger partial charge in [-0.05, 0) is 24.3 Å². The SMILES string of the molecule is CC(C)C(C(=O)O)N(C(=O)OCc1ccccc1)C1CC1. The summed E-state index contributed by atoms with van der Waals surface area (Å²) in [6, 6.07) is 8.53. The summed E-state index contributed by atoms with van der Waals surface area (Å²) in [5.74, 6) is -1.14. The molecular formula is C16H21NO4. The Morgan fingerprint density at radius 1 is 1.29 bits per heavy atom. The fourth-order valence-electron chi connectivity index (χ4n) is 2.36. The van der Waals surface area contributed by atoms with E-state index in [0.717, 1.165) is 18.4 Å². The fourth-order valence-corrected chi connectivity index (χ4v) is 2.36. The lowest BCUT2D eigenvalue weighted by Gasteiger charge is -2.30. The molecule has 1 aliphatic rings. The van der Waals surface area contributed by atoms with Gasteiger partial charge in [-0.2, -0.15) is 0 Å². The van der Waals surface area contributed by atoms with Gasteiger partial charge in [-0.1, -0.05) is 44.2 Å². The molecule has 1 unspecified atom stereocenters. The Kier molecular flexibility index (Phi) is 4.83. The summed E-state index contributed by atoms with van der Waals surface area (Å²) in [6.45, 7) is 3.77. The van der Waals surface area contributed by atoms with Gasteiger partial charge >= 0.3 is 12.1 Å². The van der Waals surface area contributed by atoms with Crippen LogP contribution in [0.1, 0.15) is 32.3 Å². The van der Waals surface area contributed by atoms with Crippen molar-refractivity contribution in [1.29, 1.82) is 0 Å². The lowest BCUT2D eigenvalue weighted by Crippen LogP contribution is -2.49. The molecule has 0 saturated heterocycles. The first-order chi connectivity index (χ1) is 10.0. The van der Waals surface area contributed by atoms with E-state index in [-0.39, 0.29) is 18.6 Å². The third kappa shape index (κ3) is 3.97. The van der Waals surface area contributed by atoms with Crippen LogP contribution in [0.2, 0.25) is 0 Å². The van der Waals surface area contributed by atoms with Gasteiger partial charge in [0.15, 0.2) is 0 Å². The first-order valence-electron chi connectivity index (χ1n) is 7.22. The van der Waals surface area contributed by atoms with Crippen LogP contribution < -0.4 is 0 Å². The minimum atomic E-state index is -0.978. The van der Waals surface area contributed by atoms with E-state index in [4.69, 9.17) is 4.74 Å². The average molecular weight is 291 g/mol. The molecule has 0 heterocycles. The van der Waals surface area contributed by atoms with Gasteiger partial charge in [-0.15, -0.1) is 0 Å². The van der Waals surface area contributed by atoms with Crippen LogP contribution in [0.25, 0.3) is 0 Å². The Morgan fingerprint density at radius 3 is 2.38 bits per heavy atom. The van der Waals surface area contributed by atoms with Crippen molar-refractivity contribution in [2.75, 3.05) is 0 Å². The zero-order valence-electron chi connectivity index (χ0n) is 12.4. The number of aliphatic carboxylic acids is 1. The van der Waals surface area contributed by atoms with Gasteiger partial charge < -0.3 is 9.84 Å². The number of benzene rings is 1. The Labute approximate surface area is 124 Å². The van der Waals surface area contributed by atoms with E-state index in [1.165, 1.54) is 4.90 Å². The molecule has 1 aromatic rings. The zero-order valence-corrected chi connectivity index (χ0v) is 12.4. The maximum absolute atomic E-state index is 12.3. The van der Waals surface area contributed by atoms with E-state index in [1.807, 2.05) is 30.3 Å². The van der Waals surface area contributed by atoms with E-state index in [2.05, 4.69) is 0 Å². The van der Waals surface area contributed by atoms with Crippen LogP contribution >= 0.6 is 0 Å². The Balaban J connectivity index is 2.04. The third-order valence-electron chi connectivity index (χ3n) is 3.54. The minimum Gasteiger partial charge on any atom is -0.480 e. The molecule has 0 aromatic heterocycles. The molecule has 5 nitrogen and oxygen atoms in total. The summed E-state index contributed by atoms with van der Waals surface area (Å²) < 4.78 is 5.30. The second-order valence-electron chi connectivity index (χ2n) is 5.71. The van der Waals surface area contributed by atoms with Gasteiger partial charge in [-0.3, -0.25) is 4.90 Å². The molecule has 0 aliphatic heterocycles. The zero-order chi connectivity index (χ0) is 15.4. The van der Waals surface area contributed by atoms with Gasteiger partial charge in [0.25, 0.3) is 0 Å². The largest absolute Gasteiger partial charge is 0.480 e. The Bertz CT molecular complexity index is 496. The van der Waals surface area contributed by atoms with Crippen LogP contribution in [0.15, 0.2) is 30.3 Å². The number of nitrogens with zero attached hydrogens (tertiary/aromatic N) is 1. The molecule has 0 spiro atoms. The van der Waals surface area contributed by atoms with Crippen LogP contribution in [-0.4, -0.2) is 34.2 Å². The van der Waals surface area contributed by atoms with Crippen LogP contribution in [0, 0.1) is 5.92 Å². The molecule has 21 heavy (non-hydrogen) atoms. The van der Waals surface area contributed by atoms with Crippen molar-refractivity contribution in [3.8, 4) is 0 Å². The van der Waals surface area contributed by atoms with E-state index >= 15 is 0 Å². The van der Waals surface area contributed by atoms with E-state index < -0.39 is 18.1 Å². The van der Waals surface area contributed by atoms with Gasteiger partial charge in [0.05, 0.1) is 0 Å². The molecule has 114 valence electrons. The predicted octanol–water partition coefficient (Wildman–Crippen LogP) is 2.90. The van der Waals surface area contributed by atoms with E-state index in [9.17, 15) is 14.7 Å². The van der Waals surface area contributed by atoms with Gasteiger partial charge in [0.1, 0.15) is 12.6 Å². The van der Waals surface area contributed by atoms with Crippen molar-refractivity contribution in [3.63, 3.8) is 0 Å². The molecule has 1 atom stereocenters. The minimum absolute atomic E-state index is 0.00299. The highest BCUT2D eigenvalue weighted by Crippen LogP contribution is 2.31. The monoisotopic (exact) mass is 291 g/mol. The number of hydrogen-bond donors (Lipinski definition) is 1. The molecule has 0 radical (unpaired) electrons. The quantitative estimate of drug-likeness (QED) is 0.875. The number of carbonyl (C=O) groups excluding carboxylic acids is 1. The average Bonchev–Trinajstić information content (AvgIpc) is 3.26. The predicted molar refractivity (Wildman–Crippen MR) is 77.7 cm³/mol. The van der Waals surface area contributed by atoms with Crippen molar-refractivity contribution in [2.45, 2.75) is 45.4 Å². The Morgan fingerprint density at radius 2 is 1.90 bits per heavy atom. The first-order valence-corrected chi connectivity index (χ1v) is 7.22. The number of amides is 1. The van der Waals surface area contributed by atoms with Crippen molar-refractivity contribution in [3.05, 3.63) is 35.9 Å². The summed E-state index contributed by atoms with van der Waals surface area (Å²) in [7, 11) is 0. The van der Waals surface area contributed by atoms with Crippen molar-refractivity contribution < 1.29 is 19.4 Å². The van der Waals surface area contributed by atoms with Crippen molar-refractivity contribution in [2.24, 2.45) is 5.92 Å².